The Bertz CT molecular complexity index is 1160. The van der Waals surface area contributed by atoms with E-state index in [-0.39, 0.29) is 5.91 Å². The Labute approximate surface area is 212 Å². The molecule has 2 aliphatic rings. The Morgan fingerprint density at radius 1 is 1.08 bits per heavy atom. The maximum absolute atomic E-state index is 12.9. The topological polar surface area (TPSA) is 79.8 Å². The van der Waals surface area contributed by atoms with Crippen molar-refractivity contribution < 1.29 is 14.3 Å². The highest BCUT2D eigenvalue weighted by molar-refractivity contribution is 5.93. The van der Waals surface area contributed by atoms with Crippen LogP contribution in [-0.2, 0) is 11.2 Å². The number of likely N-dealkylation sites (N-methyl/N-ethyl adjacent to an activating group) is 1. The number of nitrogens with one attached hydrogen (secondary N) is 1. The molecule has 8 nitrogen and oxygen atoms in total. The van der Waals surface area contributed by atoms with Gasteiger partial charge in [0.05, 0.1) is 13.2 Å². The third kappa shape index (κ3) is 6.31. The molecule has 1 saturated carbocycles. The predicted molar refractivity (Wildman–Crippen MR) is 140 cm³/mol. The minimum Gasteiger partial charge on any atom is -0.457 e. The van der Waals surface area contributed by atoms with E-state index in [1.54, 1.807) is 6.07 Å². The fourth-order valence-electron chi connectivity index (χ4n) is 4.13. The minimum atomic E-state index is -0.143. The first kappa shape index (κ1) is 24.1. The summed E-state index contributed by atoms with van der Waals surface area (Å²) in [6, 6.07) is 19.7. The molecule has 0 bridgehead atoms. The number of amides is 1. The maximum Gasteiger partial charge on any atom is 0.270 e. The van der Waals surface area contributed by atoms with Crippen molar-refractivity contribution in [1.29, 1.82) is 0 Å². The number of anilines is 2. The van der Waals surface area contributed by atoms with Crippen LogP contribution in [0.5, 0.6) is 11.5 Å². The lowest BCUT2D eigenvalue weighted by Gasteiger charge is -2.29. The third-order valence-electron chi connectivity index (χ3n) is 6.52. The second-order valence-corrected chi connectivity index (χ2v) is 9.36. The number of nitrogens with zero attached hydrogens (tertiary/aromatic N) is 4. The molecule has 0 spiro atoms. The van der Waals surface area contributed by atoms with Gasteiger partial charge in [-0.3, -0.25) is 4.79 Å². The highest BCUT2D eigenvalue weighted by Crippen LogP contribution is 2.28. The molecule has 0 unspecified atom stereocenters. The molecule has 1 amide bonds. The SMILES string of the molecule is CN(CCc1ccccc1Oc1ccccc1)c1nc(C(=O)NCC2CC2)cc(N2CCOCC2)n1. The third-order valence-corrected chi connectivity index (χ3v) is 6.52. The number of hydrogen-bond donors (Lipinski definition) is 1. The first-order chi connectivity index (χ1) is 17.7. The zero-order valence-corrected chi connectivity index (χ0v) is 20.7. The number of ether oxygens (including phenoxy) is 2. The highest BCUT2D eigenvalue weighted by Gasteiger charge is 2.24. The van der Waals surface area contributed by atoms with Crippen LogP contribution in [0, 0.1) is 5.92 Å². The van der Waals surface area contributed by atoms with Gasteiger partial charge in [0, 0.05) is 39.3 Å². The molecule has 188 valence electrons. The van der Waals surface area contributed by atoms with E-state index >= 15 is 0 Å². The summed E-state index contributed by atoms with van der Waals surface area (Å²) in [7, 11) is 1.96. The Morgan fingerprint density at radius 3 is 2.61 bits per heavy atom. The first-order valence-corrected chi connectivity index (χ1v) is 12.7. The number of benzene rings is 2. The summed E-state index contributed by atoms with van der Waals surface area (Å²) >= 11 is 0. The summed E-state index contributed by atoms with van der Waals surface area (Å²) in [5.74, 6) is 3.41. The molecule has 1 aliphatic heterocycles. The van der Waals surface area contributed by atoms with Crippen LogP contribution in [0.15, 0.2) is 60.7 Å². The van der Waals surface area contributed by atoms with E-state index in [4.69, 9.17) is 14.5 Å². The normalized spacial score (nSPS) is 15.4. The molecule has 36 heavy (non-hydrogen) atoms. The van der Waals surface area contributed by atoms with Crippen molar-refractivity contribution in [2.45, 2.75) is 19.3 Å². The Morgan fingerprint density at radius 2 is 1.83 bits per heavy atom. The molecule has 1 N–H and O–H groups in total. The van der Waals surface area contributed by atoms with Gasteiger partial charge in [-0.1, -0.05) is 36.4 Å². The van der Waals surface area contributed by atoms with E-state index in [9.17, 15) is 4.79 Å². The zero-order chi connectivity index (χ0) is 24.7. The summed E-state index contributed by atoms with van der Waals surface area (Å²) in [5, 5.41) is 3.04. The smallest absolute Gasteiger partial charge is 0.270 e. The summed E-state index contributed by atoms with van der Waals surface area (Å²) in [6.45, 7) is 4.16. The van der Waals surface area contributed by atoms with Gasteiger partial charge in [-0.2, -0.15) is 4.98 Å². The van der Waals surface area contributed by atoms with Crippen LogP contribution < -0.4 is 19.9 Å². The maximum atomic E-state index is 12.9. The number of hydrogen-bond acceptors (Lipinski definition) is 7. The second kappa shape index (κ2) is 11.4. The Hall–Kier alpha value is -3.65. The predicted octanol–water partition coefficient (Wildman–Crippen LogP) is 3.92. The van der Waals surface area contributed by atoms with Gasteiger partial charge in [0.2, 0.25) is 5.95 Å². The van der Waals surface area contributed by atoms with Gasteiger partial charge >= 0.3 is 0 Å². The highest BCUT2D eigenvalue weighted by atomic mass is 16.5. The standard InChI is InChI=1S/C28H33N5O3/c1-32(14-13-22-7-5-6-10-25(22)36-23-8-3-2-4-9-23)28-30-24(27(34)29-20-21-11-12-21)19-26(31-28)33-15-17-35-18-16-33/h2-10,19,21H,11-18,20H2,1H3,(H,29,34). The second-order valence-electron chi connectivity index (χ2n) is 9.36. The van der Waals surface area contributed by atoms with Gasteiger partial charge in [-0.25, -0.2) is 4.98 Å². The van der Waals surface area contributed by atoms with E-state index in [2.05, 4.69) is 21.3 Å². The average Bonchev–Trinajstić information content (AvgIpc) is 3.76. The van der Waals surface area contributed by atoms with Crippen molar-refractivity contribution in [3.8, 4) is 11.5 Å². The van der Waals surface area contributed by atoms with E-state index in [1.807, 2.05) is 60.5 Å². The fraction of sp³-hybridized carbons (Fsp3) is 0.393. The lowest BCUT2D eigenvalue weighted by Crippen LogP contribution is -2.37. The molecule has 8 heteroatoms. The van der Waals surface area contributed by atoms with Crippen LogP contribution >= 0.6 is 0 Å². The van der Waals surface area contributed by atoms with Gasteiger partial charge in [0.15, 0.2) is 0 Å². The molecule has 5 rings (SSSR count). The molecule has 0 radical (unpaired) electrons. The number of carbonyl (C=O) groups is 1. The van der Waals surface area contributed by atoms with E-state index in [0.717, 1.165) is 42.4 Å². The fourth-order valence-corrected chi connectivity index (χ4v) is 4.13. The van der Waals surface area contributed by atoms with Crippen molar-refractivity contribution in [2.75, 3.05) is 56.2 Å². The summed E-state index contributed by atoms with van der Waals surface area (Å²) < 4.78 is 11.6. The molecule has 3 aromatic rings. The van der Waals surface area contributed by atoms with Crippen LogP contribution in [0.4, 0.5) is 11.8 Å². The minimum absolute atomic E-state index is 0.143. The van der Waals surface area contributed by atoms with Crippen molar-refractivity contribution in [3.05, 3.63) is 71.9 Å². The number of carbonyl (C=O) groups excluding carboxylic acids is 1. The van der Waals surface area contributed by atoms with Crippen LogP contribution in [0.1, 0.15) is 28.9 Å². The van der Waals surface area contributed by atoms with E-state index in [0.29, 0.717) is 43.9 Å². The molecular formula is C28H33N5O3. The van der Waals surface area contributed by atoms with Gasteiger partial charge in [0.25, 0.3) is 5.91 Å². The number of rotatable bonds is 10. The van der Waals surface area contributed by atoms with Crippen LogP contribution in [0.3, 0.4) is 0 Å². The number of aromatic nitrogens is 2. The molecule has 1 aromatic heterocycles. The number of para-hydroxylation sites is 2. The van der Waals surface area contributed by atoms with Gasteiger partial charge in [-0.15, -0.1) is 0 Å². The Balaban J connectivity index is 1.32. The van der Waals surface area contributed by atoms with E-state index in [1.165, 1.54) is 12.8 Å². The van der Waals surface area contributed by atoms with Gasteiger partial charge in [-0.05, 0) is 48.9 Å². The molecule has 1 saturated heterocycles. The average molecular weight is 488 g/mol. The number of morpholine rings is 1. The van der Waals surface area contributed by atoms with Crippen molar-refractivity contribution in [1.82, 2.24) is 15.3 Å². The van der Waals surface area contributed by atoms with Crippen LogP contribution in [-0.4, -0.2) is 62.3 Å². The molecular weight excluding hydrogens is 454 g/mol. The Kier molecular flexibility index (Phi) is 7.61. The largest absolute Gasteiger partial charge is 0.457 e. The van der Waals surface area contributed by atoms with Crippen molar-refractivity contribution >= 4 is 17.7 Å². The molecule has 1 aliphatic carbocycles. The lowest BCUT2D eigenvalue weighted by atomic mass is 10.1. The van der Waals surface area contributed by atoms with Crippen LogP contribution in [0.25, 0.3) is 0 Å². The lowest BCUT2D eigenvalue weighted by molar-refractivity contribution is 0.0946. The van der Waals surface area contributed by atoms with E-state index < -0.39 is 0 Å². The van der Waals surface area contributed by atoms with Crippen LogP contribution in [0.2, 0.25) is 0 Å². The summed E-state index contributed by atoms with van der Waals surface area (Å²) in [5.41, 5.74) is 1.50. The monoisotopic (exact) mass is 487 g/mol. The molecule has 2 aromatic carbocycles. The summed E-state index contributed by atoms with van der Waals surface area (Å²) in [4.78, 5) is 26.5. The summed E-state index contributed by atoms with van der Waals surface area (Å²) in [6.07, 6.45) is 3.12. The molecule has 2 fully saturated rings. The quantitative estimate of drug-likeness (QED) is 0.464. The van der Waals surface area contributed by atoms with Gasteiger partial charge in [0.1, 0.15) is 23.0 Å². The van der Waals surface area contributed by atoms with Crippen molar-refractivity contribution in [3.63, 3.8) is 0 Å². The van der Waals surface area contributed by atoms with Crippen molar-refractivity contribution in [2.24, 2.45) is 5.92 Å². The first-order valence-electron chi connectivity index (χ1n) is 12.7. The molecule has 2 heterocycles. The van der Waals surface area contributed by atoms with Gasteiger partial charge < -0.3 is 24.6 Å². The molecule has 0 atom stereocenters. The zero-order valence-electron chi connectivity index (χ0n) is 20.7.